The zero-order chi connectivity index (χ0) is 17.2. The molecule has 0 atom stereocenters. The van der Waals surface area contributed by atoms with Gasteiger partial charge in [0, 0.05) is 25.9 Å². The molecule has 1 aromatic carbocycles. The molecule has 1 aromatic heterocycles. The number of para-hydroxylation sites is 1. The number of pyridine rings is 1. The number of rotatable bonds is 2. The molecule has 0 saturated carbocycles. The molecule has 0 bridgehead atoms. The lowest BCUT2D eigenvalue weighted by atomic mass is 10.0. The second-order valence-corrected chi connectivity index (χ2v) is 7.29. The van der Waals surface area contributed by atoms with Crippen LogP contribution >= 0.6 is 0 Å². The third kappa shape index (κ3) is 4.16. The van der Waals surface area contributed by atoms with Crippen molar-refractivity contribution in [2.45, 2.75) is 45.3 Å². The zero-order valence-corrected chi connectivity index (χ0v) is 14.6. The fourth-order valence-corrected chi connectivity index (χ4v) is 2.99. The molecule has 1 N–H and O–H groups in total. The summed E-state index contributed by atoms with van der Waals surface area (Å²) in [4.78, 5) is 18.7. The van der Waals surface area contributed by atoms with Crippen molar-refractivity contribution in [2.24, 2.45) is 0 Å². The highest BCUT2D eigenvalue weighted by atomic mass is 16.6. The van der Waals surface area contributed by atoms with Crippen LogP contribution in [-0.4, -0.2) is 35.8 Å². The summed E-state index contributed by atoms with van der Waals surface area (Å²) < 4.78 is 5.33. The van der Waals surface area contributed by atoms with Crippen LogP contribution in [0.1, 0.15) is 35.0 Å². The van der Waals surface area contributed by atoms with Crippen molar-refractivity contribution in [1.82, 2.24) is 10.3 Å². The van der Waals surface area contributed by atoms with Gasteiger partial charge < -0.3 is 15.0 Å². The summed E-state index contributed by atoms with van der Waals surface area (Å²) in [6.45, 7) is 7.44. The largest absolute Gasteiger partial charge is 0.444 e. The van der Waals surface area contributed by atoms with Crippen LogP contribution in [0.3, 0.4) is 0 Å². The van der Waals surface area contributed by atoms with E-state index in [1.165, 1.54) is 0 Å². The minimum absolute atomic E-state index is 0. The number of amides is 1. The highest BCUT2D eigenvalue weighted by Gasteiger charge is 2.23. The molecule has 2 aromatic rings. The summed E-state index contributed by atoms with van der Waals surface area (Å²) in [7, 11) is 0. The predicted octanol–water partition coefficient (Wildman–Crippen LogP) is 3.97. The summed E-state index contributed by atoms with van der Waals surface area (Å²) in [5.41, 5.74) is 1.70. The van der Waals surface area contributed by atoms with Crippen LogP contribution < -0.4 is 10.2 Å². The normalized spacial score (nSPS) is 16.2. The lowest BCUT2D eigenvalue weighted by molar-refractivity contribution is 0.0497. The van der Waals surface area contributed by atoms with Gasteiger partial charge in [0.05, 0.1) is 17.4 Å². The number of nitrogens with zero attached hydrogens (tertiary/aromatic N) is 2. The Hall–Kier alpha value is -2.30. The third-order valence-electron chi connectivity index (χ3n) is 4.16. The summed E-state index contributed by atoms with van der Waals surface area (Å²) >= 11 is 0. The molecule has 24 heavy (non-hydrogen) atoms. The van der Waals surface area contributed by atoms with Crippen molar-refractivity contribution >= 4 is 22.7 Å². The van der Waals surface area contributed by atoms with Crippen LogP contribution in [0.25, 0.3) is 10.9 Å². The maximum Gasteiger partial charge on any atom is 0.407 e. The number of carbonyl (C=O) groups is 1. The molecule has 0 unspecified atom stereocenters. The van der Waals surface area contributed by atoms with Crippen molar-refractivity contribution in [3.05, 3.63) is 36.5 Å². The molecule has 0 spiro atoms. The number of benzene rings is 1. The van der Waals surface area contributed by atoms with Crippen molar-refractivity contribution < 1.29 is 11.0 Å². The lowest BCUT2D eigenvalue weighted by Crippen LogP contribution is -2.46. The highest BCUT2D eigenvalue weighted by molar-refractivity contribution is 5.81. The van der Waals surface area contributed by atoms with E-state index in [1.807, 2.05) is 45.2 Å². The molecule has 5 nitrogen and oxygen atoms in total. The number of carbonyl (C=O) groups excluding carboxylic acids is 1. The quantitative estimate of drug-likeness (QED) is 0.905. The van der Waals surface area contributed by atoms with Gasteiger partial charge in [-0.2, -0.15) is 0 Å². The van der Waals surface area contributed by atoms with Crippen LogP contribution in [0.2, 0.25) is 0 Å². The van der Waals surface area contributed by atoms with Crippen LogP contribution in [-0.2, 0) is 4.74 Å². The molecule has 1 amide bonds. The van der Waals surface area contributed by atoms with E-state index in [-0.39, 0.29) is 13.6 Å². The average Bonchev–Trinajstić information content (AvgIpc) is 2.53. The minimum Gasteiger partial charge on any atom is -0.444 e. The molecule has 0 radical (unpaired) electrons. The van der Waals surface area contributed by atoms with Crippen LogP contribution in [0, 0.1) is 0 Å². The molecular weight excluding hydrogens is 302 g/mol. The van der Waals surface area contributed by atoms with E-state index >= 15 is 0 Å². The summed E-state index contributed by atoms with van der Waals surface area (Å²) in [6, 6.07) is 10.5. The number of anilines is 1. The van der Waals surface area contributed by atoms with E-state index in [1.54, 1.807) is 0 Å². The van der Waals surface area contributed by atoms with Gasteiger partial charge in [0.2, 0.25) is 0 Å². The van der Waals surface area contributed by atoms with Crippen molar-refractivity contribution in [3.8, 4) is 0 Å². The number of ether oxygens (including phenoxy) is 1. The molecule has 1 fully saturated rings. The Morgan fingerprint density at radius 1 is 1.29 bits per heavy atom. The smallest absolute Gasteiger partial charge is 0.407 e. The van der Waals surface area contributed by atoms with Crippen LogP contribution in [0.15, 0.2) is 36.5 Å². The monoisotopic (exact) mass is 329 g/mol. The van der Waals surface area contributed by atoms with Gasteiger partial charge in [0.1, 0.15) is 5.60 Å². The molecule has 1 saturated heterocycles. The number of aromatic nitrogens is 1. The van der Waals surface area contributed by atoms with Gasteiger partial charge in [-0.1, -0.05) is 18.2 Å². The lowest BCUT2D eigenvalue weighted by Gasteiger charge is -2.34. The number of hydrogen-bond donors (Lipinski definition) is 1. The van der Waals surface area contributed by atoms with Crippen molar-refractivity contribution in [1.29, 1.82) is 0 Å². The molecular formula is C19H27N3O2. The molecule has 2 heterocycles. The number of hydrogen-bond acceptors (Lipinski definition) is 4. The Bertz CT molecular complexity index is 722. The number of alkyl carbamates (subject to hydrolysis) is 1. The minimum atomic E-state index is -0.457. The Kier molecular flexibility index (Phi) is 4.60. The standard InChI is InChI=1S/C19H25N3O2.H2/c1-19(2,3)24-18(23)21-15-8-10-22(11-9-15)16-12-14-6-4-5-7-17(14)20-13-16;/h4-7,12-13,15H,8-11H2,1-3H3,(H,21,23);1H. The predicted molar refractivity (Wildman–Crippen MR) is 98.5 cm³/mol. The van der Waals surface area contributed by atoms with E-state index in [2.05, 4.69) is 27.3 Å². The summed E-state index contributed by atoms with van der Waals surface area (Å²) in [6.07, 6.45) is 3.43. The van der Waals surface area contributed by atoms with Gasteiger partial charge in [-0.15, -0.1) is 0 Å². The molecule has 0 aliphatic carbocycles. The molecule has 5 heteroatoms. The Balaban J connectivity index is 0.00000225. The van der Waals surface area contributed by atoms with Crippen LogP contribution in [0.4, 0.5) is 10.5 Å². The van der Waals surface area contributed by atoms with Crippen molar-refractivity contribution in [2.75, 3.05) is 18.0 Å². The first kappa shape index (κ1) is 16.6. The summed E-state index contributed by atoms with van der Waals surface area (Å²) in [5, 5.41) is 4.13. The van der Waals surface area contributed by atoms with E-state index < -0.39 is 5.60 Å². The highest BCUT2D eigenvalue weighted by Crippen LogP contribution is 2.23. The Morgan fingerprint density at radius 3 is 2.71 bits per heavy atom. The number of fused-ring (bicyclic) bond motifs is 1. The topological polar surface area (TPSA) is 54.5 Å². The first-order valence-corrected chi connectivity index (χ1v) is 8.50. The van der Waals surface area contributed by atoms with Gasteiger partial charge in [-0.3, -0.25) is 4.98 Å². The van der Waals surface area contributed by atoms with Gasteiger partial charge in [0.25, 0.3) is 0 Å². The fraction of sp³-hybridized carbons (Fsp3) is 0.474. The van der Waals surface area contributed by atoms with E-state index in [0.717, 1.165) is 42.5 Å². The Labute approximate surface area is 144 Å². The fourth-order valence-electron chi connectivity index (χ4n) is 2.99. The second-order valence-electron chi connectivity index (χ2n) is 7.29. The van der Waals surface area contributed by atoms with E-state index in [9.17, 15) is 4.79 Å². The van der Waals surface area contributed by atoms with Crippen molar-refractivity contribution in [3.63, 3.8) is 0 Å². The Morgan fingerprint density at radius 2 is 2.00 bits per heavy atom. The number of piperidine rings is 1. The molecule has 3 rings (SSSR count). The SMILES string of the molecule is CC(C)(C)OC(=O)NC1CCN(c2cnc3ccccc3c2)CC1.[HH]. The zero-order valence-electron chi connectivity index (χ0n) is 14.6. The van der Waals surface area contributed by atoms with Gasteiger partial charge in [-0.05, 0) is 45.7 Å². The first-order valence-electron chi connectivity index (χ1n) is 8.50. The third-order valence-corrected chi connectivity index (χ3v) is 4.16. The van der Waals surface area contributed by atoms with E-state index in [4.69, 9.17) is 4.74 Å². The summed E-state index contributed by atoms with van der Waals surface area (Å²) in [5.74, 6) is 0. The van der Waals surface area contributed by atoms with Gasteiger partial charge >= 0.3 is 6.09 Å². The number of nitrogens with one attached hydrogen (secondary N) is 1. The van der Waals surface area contributed by atoms with Gasteiger partial charge in [0.15, 0.2) is 0 Å². The molecule has 1 aliphatic rings. The first-order chi connectivity index (χ1) is 11.4. The molecule has 1 aliphatic heterocycles. The second kappa shape index (κ2) is 6.67. The maximum absolute atomic E-state index is 11.9. The maximum atomic E-state index is 11.9. The van der Waals surface area contributed by atoms with Crippen LogP contribution in [0.5, 0.6) is 0 Å². The average molecular weight is 329 g/mol. The molecule has 130 valence electrons. The van der Waals surface area contributed by atoms with E-state index in [0.29, 0.717) is 0 Å². The van der Waals surface area contributed by atoms with Gasteiger partial charge in [-0.25, -0.2) is 4.79 Å².